The maximum absolute atomic E-state index is 12.5. The molecule has 1 aromatic carbocycles. The second kappa shape index (κ2) is 11.4. The molecule has 1 aliphatic rings. The van der Waals surface area contributed by atoms with Crippen molar-refractivity contribution in [2.45, 2.75) is 12.6 Å². The SMILES string of the molecule is O=C(O)CN(NS(=O)(=O)NC(=O)N1CC(NC(=O)OCc2ccccc2)C1=O)C(=O)c1cc(=O)c(O)c[nH]1. The van der Waals surface area contributed by atoms with Gasteiger partial charge in [-0.25, -0.2) is 19.3 Å². The maximum atomic E-state index is 12.5. The molecule has 1 fully saturated rings. The zero-order valence-electron chi connectivity index (χ0n) is 19.1. The van der Waals surface area contributed by atoms with E-state index in [2.05, 4.69) is 10.3 Å². The lowest BCUT2D eigenvalue weighted by molar-refractivity contribution is -0.139. The number of aromatic nitrogens is 1. The van der Waals surface area contributed by atoms with Gasteiger partial charge in [0.2, 0.25) is 5.43 Å². The van der Waals surface area contributed by atoms with E-state index < -0.39 is 76.1 Å². The Morgan fingerprint density at radius 1 is 1.16 bits per heavy atom. The van der Waals surface area contributed by atoms with Crippen molar-refractivity contribution in [2.75, 3.05) is 13.1 Å². The third kappa shape index (κ3) is 7.04. The molecule has 6 N–H and O–H groups in total. The standard InChI is InChI=1S/C20H20N6O11S/c27-14-6-12(21-7-15(14)28)18(32)26(9-16(29)30)24-38(35,36)23-19(33)25-8-13(17(25)31)22-20(34)37-10-11-4-2-1-3-5-11/h1-7,13,24,28H,8-10H2,(H,21,27)(H,22,34)(H,23,33)(H,29,30). The highest BCUT2D eigenvalue weighted by Gasteiger charge is 2.43. The molecule has 0 bridgehead atoms. The zero-order chi connectivity index (χ0) is 28.0. The number of hydrazine groups is 1. The lowest BCUT2D eigenvalue weighted by Gasteiger charge is -2.36. The molecule has 17 nitrogen and oxygen atoms in total. The fourth-order valence-electron chi connectivity index (χ4n) is 2.98. The highest BCUT2D eigenvalue weighted by molar-refractivity contribution is 7.88. The number of aromatic amines is 1. The lowest BCUT2D eigenvalue weighted by Crippen LogP contribution is -2.68. The van der Waals surface area contributed by atoms with Gasteiger partial charge in [0.15, 0.2) is 5.75 Å². The quantitative estimate of drug-likeness (QED) is 0.150. The number of alkyl carbamates (subject to hydrolysis) is 1. The predicted molar refractivity (Wildman–Crippen MR) is 123 cm³/mol. The van der Waals surface area contributed by atoms with Crippen molar-refractivity contribution in [3.63, 3.8) is 0 Å². The van der Waals surface area contributed by atoms with Gasteiger partial charge >= 0.3 is 28.3 Å². The number of carboxylic acid groups (broad SMARTS) is 1. The van der Waals surface area contributed by atoms with Gasteiger partial charge in [0.05, 0.1) is 6.54 Å². The van der Waals surface area contributed by atoms with E-state index in [1.165, 1.54) is 9.55 Å². The van der Waals surface area contributed by atoms with Gasteiger partial charge < -0.3 is 25.3 Å². The van der Waals surface area contributed by atoms with E-state index in [-0.39, 0.29) is 11.6 Å². The number of carbonyl (C=O) groups excluding carboxylic acids is 4. The van der Waals surface area contributed by atoms with Crippen LogP contribution in [0.2, 0.25) is 0 Å². The molecular formula is C20H20N6O11S. The molecule has 1 unspecified atom stereocenters. The Balaban J connectivity index is 1.56. The summed E-state index contributed by atoms with van der Waals surface area (Å²) in [6.45, 7) is -1.73. The lowest BCUT2D eigenvalue weighted by atomic mass is 10.1. The molecule has 1 aromatic heterocycles. The number of carbonyl (C=O) groups is 5. The van der Waals surface area contributed by atoms with E-state index in [9.17, 15) is 42.3 Å². The van der Waals surface area contributed by atoms with Crippen LogP contribution in [0.15, 0.2) is 47.4 Å². The summed E-state index contributed by atoms with van der Waals surface area (Å²) in [4.78, 5) is 75.6. The predicted octanol–water partition coefficient (Wildman–Crippen LogP) is -1.80. The minimum Gasteiger partial charge on any atom is -0.503 e. The number of aromatic hydroxyl groups is 1. The molecule has 18 heteroatoms. The third-order valence-electron chi connectivity index (χ3n) is 4.79. The van der Waals surface area contributed by atoms with E-state index in [0.29, 0.717) is 16.5 Å². The average Bonchev–Trinajstić information content (AvgIpc) is 2.85. The largest absolute Gasteiger partial charge is 0.503 e. The Morgan fingerprint density at radius 3 is 2.45 bits per heavy atom. The van der Waals surface area contributed by atoms with Crippen molar-refractivity contribution < 1.29 is 47.3 Å². The van der Waals surface area contributed by atoms with Crippen molar-refractivity contribution >= 4 is 40.1 Å². The average molecular weight is 552 g/mol. The van der Waals surface area contributed by atoms with Gasteiger partial charge in [-0.2, -0.15) is 8.42 Å². The summed E-state index contributed by atoms with van der Waals surface area (Å²) in [6, 6.07) is 6.61. The van der Waals surface area contributed by atoms with Crippen LogP contribution in [-0.4, -0.2) is 82.6 Å². The number of nitrogens with zero attached hydrogens (tertiary/aromatic N) is 2. The van der Waals surface area contributed by atoms with E-state index >= 15 is 0 Å². The molecule has 1 saturated heterocycles. The van der Waals surface area contributed by atoms with Gasteiger partial charge in [0, 0.05) is 12.3 Å². The second-order valence-corrected chi connectivity index (χ2v) is 8.98. The number of benzene rings is 1. The van der Waals surface area contributed by atoms with Gasteiger partial charge in [-0.05, 0) is 5.56 Å². The molecule has 0 spiro atoms. The number of hydrogen-bond acceptors (Lipinski definition) is 10. The van der Waals surface area contributed by atoms with Crippen LogP contribution in [0.4, 0.5) is 9.59 Å². The third-order valence-corrected chi connectivity index (χ3v) is 5.70. The molecule has 38 heavy (non-hydrogen) atoms. The van der Waals surface area contributed by atoms with Crippen molar-refractivity contribution in [2.24, 2.45) is 0 Å². The number of β-lactam (4-membered cyclic amide) rings is 1. The second-order valence-electron chi connectivity index (χ2n) is 7.59. The first-order chi connectivity index (χ1) is 17.9. The van der Waals surface area contributed by atoms with Crippen LogP contribution in [0, 0.1) is 0 Å². The number of H-pyrrole nitrogens is 1. The van der Waals surface area contributed by atoms with E-state index in [1.807, 2.05) is 0 Å². The summed E-state index contributed by atoms with van der Waals surface area (Å²) < 4.78 is 31.1. The van der Waals surface area contributed by atoms with E-state index in [4.69, 9.17) is 9.84 Å². The number of amides is 5. The molecule has 1 aliphatic heterocycles. The molecule has 0 saturated carbocycles. The highest BCUT2D eigenvalue weighted by Crippen LogP contribution is 2.12. The summed E-state index contributed by atoms with van der Waals surface area (Å²) in [6.07, 6.45) is -0.223. The summed E-state index contributed by atoms with van der Waals surface area (Å²) in [7, 11) is -4.98. The topological polar surface area (TPSA) is 245 Å². The molecule has 2 aromatic rings. The molecule has 202 valence electrons. The van der Waals surface area contributed by atoms with Gasteiger partial charge in [-0.1, -0.05) is 30.3 Å². The molecule has 5 amide bonds. The smallest absolute Gasteiger partial charge is 0.408 e. The van der Waals surface area contributed by atoms with E-state index in [0.717, 1.165) is 6.20 Å². The first-order valence-corrected chi connectivity index (χ1v) is 11.9. The molecular weight excluding hydrogens is 532 g/mol. The fraction of sp³-hybridized carbons (Fsp3) is 0.200. The monoisotopic (exact) mass is 552 g/mol. The number of ether oxygens (including phenoxy) is 1. The summed E-state index contributed by atoms with van der Waals surface area (Å²) in [5.74, 6) is -4.73. The zero-order valence-corrected chi connectivity index (χ0v) is 19.9. The summed E-state index contributed by atoms with van der Waals surface area (Å²) in [5, 5.41) is 20.5. The van der Waals surface area contributed by atoms with Crippen LogP contribution >= 0.6 is 0 Å². The Morgan fingerprint density at radius 2 is 1.84 bits per heavy atom. The number of pyridine rings is 1. The van der Waals surface area contributed by atoms with Crippen molar-refractivity contribution in [3.8, 4) is 5.75 Å². The number of nitrogens with one attached hydrogen (secondary N) is 4. The molecule has 3 rings (SSSR count). The number of imide groups is 1. The van der Waals surface area contributed by atoms with Crippen molar-refractivity contribution in [3.05, 3.63) is 64.1 Å². The normalized spacial score (nSPS) is 14.7. The first-order valence-electron chi connectivity index (χ1n) is 10.4. The number of aliphatic carboxylic acids is 1. The van der Waals surface area contributed by atoms with Gasteiger partial charge in [0.25, 0.3) is 11.8 Å². The van der Waals surface area contributed by atoms with Crippen molar-refractivity contribution in [1.82, 2.24) is 29.8 Å². The Hall–Kier alpha value is -4.97. The van der Waals surface area contributed by atoms with Crippen LogP contribution in [0.1, 0.15) is 16.1 Å². The number of hydrogen-bond donors (Lipinski definition) is 6. The van der Waals surface area contributed by atoms with E-state index in [1.54, 1.807) is 30.3 Å². The Bertz CT molecular complexity index is 1430. The first kappa shape index (κ1) is 27.6. The van der Waals surface area contributed by atoms with Crippen LogP contribution in [0.3, 0.4) is 0 Å². The molecule has 1 atom stereocenters. The highest BCUT2D eigenvalue weighted by atomic mass is 32.2. The minimum absolute atomic E-state index is 0.0469. The van der Waals surface area contributed by atoms with Crippen LogP contribution in [0.5, 0.6) is 5.75 Å². The van der Waals surface area contributed by atoms with Crippen molar-refractivity contribution in [1.29, 1.82) is 0 Å². The number of likely N-dealkylation sites (tertiary alicyclic amines) is 1. The Kier molecular flexibility index (Phi) is 8.28. The number of urea groups is 1. The molecule has 0 radical (unpaired) electrons. The van der Waals surface area contributed by atoms with Crippen LogP contribution < -0.4 is 20.3 Å². The number of rotatable bonds is 9. The van der Waals surface area contributed by atoms with Gasteiger partial charge in [-0.15, -0.1) is 4.83 Å². The fourth-order valence-corrected chi connectivity index (χ4v) is 3.80. The summed E-state index contributed by atoms with van der Waals surface area (Å²) in [5.41, 5.74) is -0.913. The van der Waals surface area contributed by atoms with Gasteiger partial charge in [0.1, 0.15) is 24.9 Å². The summed E-state index contributed by atoms with van der Waals surface area (Å²) >= 11 is 0. The molecule has 0 aliphatic carbocycles. The Labute approximate surface area is 213 Å². The van der Waals surface area contributed by atoms with Crippen LogP contribution in [0.25, 0.3) is 0 Å². The van der Waals surface area contributed by atoms with Crippen LogP contribution in [-0.2, 0) is 31.1 Å². The molecule has 2 heterocycles. The minimum atomic E-state index is -4.98. The maximum Gasteiger partial charge on any atom is 0.408 e. The van der Waals surface area contributed by atoms with Gasteiger partial charge in [-0.3, -0.25) is 24.1 Å². The number of carboxylic acids is 1.